The Kier molecular flexibility index (Phi) is 5.39. The molecule has 0 aliphatic rings. The van der Waals surface area contributed by atoms with Crippen molar-refractivity contribution in [2.75, 3.05) is 0 Å². The number of carbonyl (C=O) groups is 3. The van der Waals surface area contributed by atoms with Crippen LogP contribution in [0.2, 0.25) is 0 Å². The molecule has 2 N–H and O–H groups in total. The van der Waals surface area contributed by atoms with Crippen LogP contribution in [0, 0.1) is 16.0 Å². The highest BCUT2D eigenvalue weighted by Gasteiger charge is 2.36. The van der Waals surface area contributed by atoms with E-state index in [1.54, 1.807) is 0 Å². The first kappa shape index (κ1) is 18.8. The Morgan fingerprint density at radius 1 is 1.33 bits per heavy atom. The Hall–Kier alpha value is -3.25. The topological polar surface area (TPSA) is 157 Å². The smallest absolute Gasteiger partial charge is 0.418 e. The van der Waals surface area contributed by atoms with Gasteiger partial charge in [-0.3, -0.25) is 24.5 Å². The van der Waals surface area contributed by atoms with Crippen molar-refractivity contribution in [2.24, 2.45) is 5.92 Å². The molecule has 0 fully saturated rings. The molecule has 1 atom stereocenters. The van der Waals surface area contributed by atoms with Crippen molar-refractivity contribution < 1.29 is 47.4 Å². The van der Waals surface area contributed by atoms with Gasteiger partial charge in [0.2, 0.25) is 0 Å². The molecular weight excluding hydrogens is 345 g/mol. The van der Waals surface area contributed by atoms with E-state index in [-0.39, 0.29) is 12.3 Å². The maximum atomic E-state index is 12.5. The Balaban J connectivity index is 3.18. The van der Waals surface area contributed by atoms with Crippen LogP contribution in [0.3, 0.4) is 0 Å². The average Bonchev–Trinajstić information content (AvgIpc) is 2.43. The molecule has 1 aromatic heterocycles. The number of aromatic nitrogens is 1. The number of aliphatic carboxylic acids is 2. The minimum absolute atomic E-state index is 0.0442. The zero-order valence-electron chi connectivity index (χ0n) is 11.3. The normalized spacial score (nSPS) is 12.3. The Bertz CT molecular complexity index is 703. The number of nitro groups is 1. The number of hydrogen-bond acceptors (Lipinski definition) is 7. The van der Waals surface area contributed by atoms with Crippen molar-refractivity contribution in [3.05, 3.63) is 27.9 Å². The summed E-state index contributed by atoms with van der Waals surface area (Å²) in [4.78, 5) is 45.3. The van der Waals surface area contributed by atoms with E-state index in [4.69, 9.17) is 10.2 Å². The summed E-state index contributed by atoms with van der Waals surface area (Å²) in [6, 6.07) is 0.0442. The fourth-order valence-corrected chi connectivity index (χ4v) is 1.42. The third kappa shape index (κ3) is 4.62. The van der Waals surface area contributed by atoms with Crippen molar-refractivity contribution in [1.29, 1.82) is 0 Å². The van der Waals surface area contributed by atoms with E-state index in [2.05, 4.69) is 9.72 Å². The number of rotatable bonds is 6. The predicted molar refractivity (Wildman–Crippen MR) is 64.9 cm³/mol. The first-order valence-electron chi connectivity index (χ1n) is 5.81. The third-order valence-corrected chi connectivity index (χ3v) is 2.51. The van der Waals surface area contributed by atoms with Crippen molar-refractivity contribution in [1.82, 2.24) is 4.98 Å². The van der Waals surface area contributed by atoms with E-state index in [0.717, 1.165) is 0 Å². The fraction of sp³-hybridized carbons (Fsp3) is 0.273. The largest absolute Gasteiger partial charge is 0.481 e. The van der Waals surface area contributed by atoms with Crippen LogP contribution < -0.4 is 4.74 Å². The predicted octanol–water partition coefficient (Wildman–Crippen LogP) is 1.09. The van der Waals surface area contributed by atoms with E-state index in [0.29, 0.717) is 0 Å². The van der Waals surface area contributed by atoms with Gasteiger partial charge in [-0.2, -0.15) is 13.2 Å². The minimum Gasteiger partial charge on any atom is -0.481 e. The number of carboxylic acid groups (broad SMARTS) is 2. The van der Waals surface area contributed by atoms with Crippen LogP contribution in [0.4, 0.5) is 18.9 Å². The SMILES string of the molecule is O=C(O)CC(C(=O)O)C(=O)Oc1ncc(C(F)(F)F)cc1[N+](=O)[O-]. The molecule has 0 bridgehead atoms. The van der Waals surface area contributed by atoms with Gasteiger partial charge < -0.3 is 14.9 Å². The second kappa shape index (κ2) is 6.89. The minimum atomic E-state index is -4.95. The molecule has 13 heteroatoms. The maximum Gasteiger partial charge on any atom is 0.418 e. The molecule has 130 valence electrons. The van der Waals surface area contributed by atoms with E-state index in [1.165, 1.54) is 0 Å². The molecule has 1 rings (SSSR count). The number of esters is 1. The molecule has 0 saturated carbocycles. The molecule has 1 heterocycles. The Morgan fingerprint density at radius 2 is 1.92 bits per heavy atom. The van der Waals surface area contributed by atoms with Crippen molar-refractivity contribution >= 4 is 23.6 Å². The second-order valence-corrected chi connectivity index (χ2v) is 4.21. The molecule has 0 spiro atoms. The van der Waals surface area contributed by atoms with Gasteiger partial charge in [0, 0.05) is 12.3 Å². The first-order chi connectivity index (χ1) is 10.9. The summed E-state index contributed by atoms with van der Waals surface area (Å²) in [5, 5.41) is 28.0. The van der Waals surface area contributed by atoms with E-state index in [1.807, 2.05) is 0 Å². The molecule has 10 nitrogen and oxygen atoms in total. The van der Waals surface area contributed by atoms with Gasteiger partial charge in [0.1, 0.15) is 0 Å². The lowest BCUT2D eigenvalue weighted by Crippen LogP contribution is -2.30. The van der Waals surface area contributed by atoms with Gasteiger partial charge in [-0.25, -0.2) is 4.98 Å². The average molecular weight is 352 g/mol. The van der Waals surface area contributed by atoms with Gasteiger partial charge in [-0.1, -0.05) is 0 Å². The Labute approximate surface area is 129 Å². The van der Waals surface area contributed by atoms with Crippen LogP contribution in [0.5, 0.6) is 5.88 Å². The number of carboxylic acids is 2. The van der Waals surface area contributed by atoms with Crippen LogP contribution in [-0.4, -0.2) is 38.0 Å². The highest BCUT2D eigenvalue weighted by atomic mass is 19.4. The summed E-state index contributed by atoms with van der Waals surface area (Å²) in [6.45, 7) is 0. The Morgan fingerprint density at radius 3 is 2.33 bits per heavy atom. The molecule has 0 aliphatic heterocycles. The molecule has 0 saturated heterocycles. The van der Waals surface area contributed by atoms with Gasteiger partial charge >= 0.3 is 35.7 Å². The van der Waals surface area contributed by atoms with Crippen molar-refractivity contribution in [3.63, 3.8) is 0 Å². The number of ether oxygens (including phenoxy) is 1. The molecule has 1 aromatic rings. The van der Waals surface area contributed by atoms with Crippen LogP contribution in [0.25, 0.3) is 0 Å². The molecule has 1 unspecified atom stereocenters. The van der Waals surface area contributed by atoms with Gasteiger partial charge in [0.05, 0.1) is 16.9 Å². The van der Waals surface area contributed by atoms with Gasteiger partial charge in [-0.05, 0) is 0 Å². The molecular formula is C11H7F3N2O8. The second-order valence-electron chi connectivity index (χ2n) is 4.21. The summed E-state index contributed by atoms with van der Waals surface area (Å²) >= 11 is 0. The quantitative estimate of drug-likeness (QED) is 0.331. The zero-order chi connectivity index (χ0) is 18.7. The summed E-state index contributed by atoms with van der Waals surface area (Å²) < 4.78 is 41.8. The van der Waals surface area contributed by atoms with Gasteiger partial charge in [0.15, 0.2) is 5.92 Å². The van der Waals surface area contributed by atoms with Crippen LogP contribution in [-0.2, 0) is 20.6 Å². The lowest BCUT2D eigenvalue weighted by Gasteiger charge is -2.10. The summed E-state index contributed by atoms with van der Waals surface area (Å²) in [6.07, 6.45) is -6.00. The standard InChI is InChI=1S/C11H7F3N2O8/c12-11(13,14)4-1-6(16(22)23)8(15-3-4)24-10(21)5(9(19)20)2-7(17)18/h1,3,5H,2H2,(H,17,18)(H,19,20). The summed E-state index contributed by atoms with van der Waals surface area (Å²) in [7, 11) is 0. The van der Waals surface area contributed by atoms with Gasteiger partial charge in [-0.15, -0.1) is 0 Å². The molecule has 0 aromatic carbocycles. The van der Waals surface area contributed by atoms with E-state index >= 15 is 0 Å². The lowest BCUT2D eigenvalue weighted by atomic mass is 10.1. The number of carbonyl (C=O) groups excluding carboxylic acids is 1. The van der Waals surface area contributed by atoms with Crippen LogP contribution in [0.1, 0.15) is 12.0 Å². The number of nitrogens with zero attached hydrogens (tertiary/aromatic N) is 2. The van der Waals surface area contributed by atoms with E-state index < -0.39 is 58.5 Å². The highest BCUT2D eigenvalue weighted by Crippen LogP contribution is 2.34. The molecule has 0 aliphatic carbocycles. The number of pyridine rings is 1. The maximum absolute atomic E-state index is 12.5. The number of halogens is 3. The zero-order valence-corrected chi connectivity index (χ0v) is 11.3. The number of hydrogen-bond donors (Lipinski definition) is 2. The van der Waals surface area contributed by atoms with Gasteiger partial charge in [0.25, 0.3) is 0 Å². The van der Waals surface area contributed by atoms with Crippen LogP contribution in [0.15, 0.2) is 12.3 Å². The molecule has 0 radical (unpaired) electrons. The van der Waals surface area contributed by atoms with E-state index in [9.17, 15) is 37.7 Å². The highest BCUT2D eigenvalue weighted by molar-refractivity contribution is 5.97. The van der Waals surface area contributed by atoms with Crippen molar-refractivity contribution in [3.8, 4) is 5.88 Å². The van der Waals surface area contributed by atoms with Crippen LogP contribution >= 0.6 is 0 Å². The number of alkyl halides is 3. The summed E-state index contributed by atoms with van der Waals surface area (Å²) in [5.41, 5.74) is -2.83. The molecule has 0 amide bonds. The summed E-state index contributed by atoms with van der Waals surface area (Å²) in [5.74, 6) is -8.69. The monoisotopic (exact) mass is 352 g/mol. The fourth-order valence-electron chi connectivity index (χ4n) is 1.42. The van der Waals surface area contributed by atoms with Crippen molar-refractivity contribution in [2.45, 2.75) is 12.6 Å². The lowest BCUT2D eigenvalue weighted by molar-refractivity contribution is -0.386. The molecule has 24 heavy (non-hydrogen) atoms. The third-order valence-electron chi connectivity index (χ3n) is 2.51. The first-order valence-corrected chi connectivity index (χ1v) is 5.81.